The fraction of sp³-hybridized carbons (Fsp3) is 0. The fourth-order valence-corrected chi connectivity index (χ4v) is 2.95. The van der Waals surface area contributed by atoms with Crippen molar-refractivity contribution in [3.8, 4) is 0 Å². The molecule has 0 fully saturated rings. The molecule has 2 aromatic carbocycles. The van der Waals surface area contributed by atoms with E-state index >= 15 is 0 Å². The van der Waals surface area contributed by atoms with Crippen LogP contribution in [0.1, 0.15) is 0 Å². The summed E-state index contributed by atoms with van der Waals surface area (Å²) in [6.07, 6.45) is 0. The predicted molar refractivity (Wildman–Crippen MR) is 71.0 cm³/mol. The van der Waals surface area contributed by atoms with Crippen LogP contribution in [0.15, 0.2) is 35.2 Å². The standard InChI is InChI=1S/C12H7F3N4O2S/c13-7-2-4-10(12(15)11(7)14)22(20,21)18-6-1-3-8-9(5-6)17-19-16-8/h1-5,18H,(H,16,17,19). The van der Waals surface area contributed by atoms with E-state index < -0.39 is 32.4 Å². The molecular weight excluding hydrogens is 321 g/mol. The molecule has 0 bridgehead atoms. The number of benzene rings is 2. The monoisotopic (exact) mass is 328 g/mol. The first-order valence-electron chi connectivity index (χ1n) is 5.85. The molecule has 0 radical (unpaired) electrons. The number of nitrogens with one attached hydrogen (secondary N) is 2. The molecule has 1 heterocycles. The van der Waals surface area contributed by atoms with Crippen LogP contribution in [-0.4, -0.2) is 23.8 Å². The van der Waals surface area contributed by atoms with Crippen LogP contribution in [0, 0.1) is 17.5 Å². The molecule has 0 aliphatic heterocycles. The highest BCUT2D eigenvalue weighted by atomic mass is 32.2. The number of anilines is 1. The van der Waals surface area contributed by atoms with Gasteiger partial charge in [-0.05, 0) is 30.3 Å². The van der Waals surface area contributed by atoms with Crippen LogP contribution in [0.25, 0.3) is 11.0 Å². The van der Waals surface area contributed by atoms with Gasteiger partial charge in [-0.3, -0.25) is 4.72 Å². The number of hydrogen-bond donors (Lipinski definition) is 2. The number of rotatable bonds is 3. The van der Waals surface area contributed by atoms with Gasteiger partial charge in [0.15, 0.2) is 17.5 Å². The summed E-state index contributed by atoms with van der Waals surface area (Å²) in [5, 5.41) is 9.91. The second-order valence-electron chi connectivity index (χ2n) is 4.31. The topological polar surface area (TPSA) is 87.7 Å². The van der Waals surface area contributed by atoms with Crippen LogP contribution in [0.4, 0.5) is 18.9 Å². The fourth-order valence-electron chi connectivity index (χ4n) is 1.83. The van der Waals surface area contributed by atoms with Crippen molar-refractivity contribution in [2.75, 3.05) is 4.72 Å². The quantitative estimate of drug-likeness (QED) is 0.721. The first kappa shape index (κ1) is 14.3. The van der Waals surface area contributed by atoms with E-state index in [1.807, 2.05) is 0 Å². The zero-order chi connectivity index (χ0) is 15.9. The van der Waals surface area contributed by atoms with Crippen molar-refractivity contribution in [1.82, 2.24) is 15.4 Å². The largest absolute Gasteiger partial charge is 0.279 e. The van der Waals surface area contributed by atoms with Crippen LogP contribution in [0.5, 0.6) is 0 Å². The lowest BCUT2D eigenvalue weighted by Crippen LogP contribution is -2.15. The molecular formula is C12H7F3N4O2S. The van der Waals surface area contributed by atoms with Crippen molar-refractivity contribution in [1.29, 1.82) is 0 Å². The highest BCUT2D eigenvalue weighted by Crippen LogP contribution is 2.23. The van der Waals surface area contributed by atoms with Crippen LogP contribution in [0.2, 0.25) is 0 Å². The predicted octanol–water partition coefficient (Wildman–Crippen LogP) is 2.18. The summed E-state index contributed by atoms with van der Waals surface area (Å²) in [7, 11) is -4.43. The van der Waals surface area contributed by atoms with E-state index in [4.69, 9.17) is 0 Å². The zero-order valence-corrected chi connectivity index (χ0v) is 11.5. The lowest BCUT2D eigenvalue weighted by molar-refractivity contribution is 0.432. The van der Waals surface area contributed by atoms with E-state index in [9.17, 15) is 21.6 Å². The van der Waals surface area contributed by atoms with E-state index in [0.717, 1.165) is 0 Å². The molecule has 0 saturated carbocycles. The number of hydrogen-bond acceptors (Lipinski definition) is 4. The minimum atomic E-state index is -4.43. The highest BCUT2D eigenvalue weighted by molar-refractivity contribution is 7.92. The molecule has 2 N–H and O–H groups in total. The number of fused-ring (bicyclic) bond motifs is 1. The maximum Gasteiger partial charge on any atom is 0.264 e. The Bertz CT molecular complexity index is 972. The molecule has 1 aromatic heterocycles. The highest BCUT2D eigenvalue weighted by Gasteiger charge is 2.24. The van der Waals surface area contributed by atoms with Crippen molar-refractivity contribution < 1.29 is 21.6 Å². The molecule has 0 saturated heterocycles. The molecule has 0 atom stereocenters. The molecule has 3 aromatic rings. The van der Waals surface area contributed by atoms with Gasteiger partial charge < -0.3 is 0 Å². The molecule has 0 aliphatic carbocycles. The number of aromatic nitrogens is 3. The van der Waals surface area contributed by atoms with E-state index in [0.29, 0.717) is 23.2 Å². The van der Waals surface area contributed by atoms with Gasteiger partial charge in [0, 0.05) is 0 Å². The third kappa shape index (κ3) is 2.37. The summed E-state index contributed by atoms with van der Waals surface area (Å²) in [6, 6.07) is 5.39. The van der Waals surface area contributed by atoms with Gasteiger partial charge in [0.05, 0.1) is 5.69 Å². The molecule has 114 valence electrons. The van der Waals surface area contributed by atoms with E-state index in [2.05, 4.69) is 20.1 Å². The van der Waals surface area contributed by atoms with Gasteiger partial charge in [-0.15, -0.1) is 0 Å². The van der Waals surface area contributed by atoms with Gasteiger partial charge in [-0.1, -0.05) is 0 Å². The first-order chi connectivity index (χ1) is 10.4. The first-order valence-corrected chi connectivity index (χ1v) is 7.33. The molecule has 0 amide bonds. The Morgan fingerprint density at radius 2 is 1.68 bits per heavy atom. The van der Waals surface area contributed by atoms with Crippen LogP contribution >= 0.6 is 0 Å². The maximum atomic E-state index is 13.6. The van der Waals surface area contributed by atoms with Crippen molar-refractivity contribution in [3.05, 3.63) is 47.8 Å². The minimum absolute atomic E-state index is 0.0746. The Morgan fingerprint density at radius 3 is 2.45 bits per heavy atom. The van der Waals surface area contributed by atoms with E-state index in [-0.39, 0.29) is 5.69 Å². The summed E-state index contributed by atoms with van der Waals surface area (Å²) in [5.74, 6) is -5.11. The second-order valence-corrected chi connectivity index (χ2v) is 5.96. The molecule has 0 unspecified atom stereocenters. The number of aromatic amines is 1. The summed E-state index contributed by atoms with van der Waals surface area (Å²) >= 11 is 0. The lowest BCUT2D eigenvalue weighted by Gasteiger charge is -2.09. The van der Waals surface area contributed by atoms with Gasteiger partial charge in [0.25, 0.3) is 10.0 Å². The van der Waals surface area contributed by atoms with Gasteiger partial charge in [0.1, 0.15) is 15.9 Å². The van der Waals surface area contributed by atoms with Gasteiger partial charge >= 0.3 is 0 Å². The molecule has 0 aliphatic rings. The van der Waals surface area contributed by atoms with Crippen molar-refractivity contribution >= 4 is 26.7 Å². The van der Waals surface area contributed by atoms with Crippen molar-refractivity contribution in [2.24, 2.45) is 0 Å². The summed E-state index contributed by atoms with van der Waals surface area (Å²) in [5.41, 5.74) is 0.957. The van der Waals surface area contributed by atoms with Crippen LogP contribution < -0.4 is 4.72 Å². The summed E-state index contributed by atoms with van der Waals surface area (Å²) < 4.78 is 65.8. The Kier molecular flexibility index (Phi) is 3.24. The van der Waals surface area contributed by atoms with Gasteiger partial charge in [-0.25, -0.2) is 21.6 Å². The average Bonchev–Trinajstić information content (AvgIpc) is 2.91. The molecule has 0 spiro atoms. The number of nitrogens with zero attached hydrogens (tertiary/aromatic N) is 2. The zero-order valence-electron chi connectivity index (χ0n) is 10.6. The van der Waals surface area contributed by atoms with Gasteiger partial charge in [0.2, 0.25) is 0 Å². The number of halogens is 3. The second kappa shape index (κ2) is 4.98. The molecule has 10 heteroatoms. The van der Waals surface area contributed by atoms with Gasteiger partial charge in [-0.2, -0.15) is 15.4 Å². The average molecular weight is 328 g/mol. The molecule has 3 rings (SSSR count). The molecule has 22 heavy (non-hydrogen) atoms. The minimum Gasteiger partial charge on any atom is -0.279 e. The smallest absolute Gasteiger partial charge is 0.264 e. The normalized spacial score (nSPS) is 11.8. The van der Waals surface area contributed by atoms with Crippen molar-refractivity contribution in [2.45, 2.75) is 4.90 Å². The van der Waals surface area contributed by atoms with E-state index in [1.165, 1.54) is 18.2 Å². The number of sulfonamides is 1. The maximum absolute atomic E-state index is 13.6. The third-order valence-electron chi connectivity index (χ3n) is 2.86. The summed E-state index contributed by atoms with van der Waals surface area (Å²) in [6.45, 7) is 0. The SMILES string of the molecule is O=S(=O)(Nc1ccc2n[nH]nc2c1)c1ccc(F)c(F)c1F. The Morgan fingerprint density at radius 1 is 0.955 bits per heavy atom. The van der Waals surface area contributed by atoms with Crippen LogP contribution in [-0.2, 0) is 10.0 Å². The van der Waals surface area contributed by atoms with Crippen molar-refractivity contribution in [3.63, 3.8) is 0 Å². The number of H-pyrrole nitrogens is 1. The molecule has 6 nitrogen and oxygen atoms in total. The van der Waals surface area contributed by atoms with E-state index in [1.54, 1.807) is 0 Å². The van der Waals surface area contributed by atoms with Crippen LogP contribution in [0.3, 0.4) is 0 Å². The Labute approximate surface area is 122 Å². The lowest BCUT2D eigenvalue weighted by atomic mass is 10.3. The Balaban J connectivity index is 2.01. The summed E-state index contributed by atoms with van der Waals surface area (Å²) in [4.78, 5) is -0.994. The Hall–Kier alpha value is -2.62. The third-order valence-corrected chi connectivity index (χ3v) is 4.26.